The molecule has 18 heavy (non-hydrogen) atoms. The molecule has 5 heteroatoms. The monoisotopic (exact) mass is 248 g/mol. The third-order valence-electron chi connectivity index (χ3n) is 3.27. The highest BCUT2D eigenvalue weighted by Crippen LogP contribution is 2.33. The molecule has 2 unspecified atom stereocenters. The fraction of sp³-hybridized carbons (Fsp3) is 0.385. The molecule has 0 aliphatic carbocycles. The zero-order valence-electron chi connectivity index (χ0n) is 10.2. The van der Waals surface area contributed by atoms with Gasteiger partial charge in [-0.15, -0.1) is 0 Å². The zero-order chi connectivity index (χ0) is 13.3. The first-order valence-electron chi connectivity index (χ1n) is 5.90. The van der Waals surface area contributed by atoms with Gasteiger partial charge < -0.3 is 10.8 Å². The SMILES string of the molecule is CC(CN)C(=O)N1c2ccccc2CC1C(=O)O. The van der Waals surface area contributed by atoms with Gasteiger partial charge in [0.25, 0.3) is 0 Å². The Bertz CT molecular complexity index is 487. The Morgan fingerprint density at radius 3 is 2.78 bits per heavy atom. The molecule has 2 rings (SSSR count). The van der Waals surface area contributed by atoms with Gasteiger partial charge >= 0.3 is 5.97 Å². The normalized spacial score (nSPS) is 19.4. The Labute approximate surface area is 105 Å². The fourth-order valence-electron chi connectivity index (χ4n) is 2.19. The minimum absolute atomic E-state index is 0.212. The first-order valence-corrected chi connectivity index (χ1v) is 5.90. The van der Waals surface area contributed by atoms with Gasteiger partial charge in [0.1, 0.15) is 6.04 Å². The van der Waals surface area contributed by atoms with Crippen molar-refractivity contribution in [3.05, 3.63) is 29.8 Å². The minimum Gasteiger partial charge on any atom is -0.480 e. The Balaban J connectivity index is 2.40. The van der Waals surface area contributed by atoms with Crippen LogP contribution < -0.4 is 10.6 Å². The van der Waals surface area contributed by atoms with Gasteiger partial charge in [0.15, 0.2) is 0 Å². The van der Waals surface area contributed by atoms with E-state index in [2.05, 4.69) is 0 Å². The van der Waals surface area contributed by atoms with Crippen LogP contribution in [-0.2, 0) is 16.0 Å². The van der Waals surface area contributed by atoms with Crippen LogP contribution in [0.25, 0.3) is 0 Å². The van der Waals surface area contributed by atoms with Crippen molar-refractivity contribution in [1.82, 2.24) is 0 Å². The number of fused-ring (bicyclic) bond motifs is 1. The van der Waals surface area contributed by atoms with Crippen LogP contribution in [0.4, 0.5) is 5.69 Å². The summed E-state index contributed by atoms with van der Waals surface area (Å²) >= 11 is 0. The Morgan fingerprint density at radius 2 is 2.17 bits per heavy atom. The first kappa shape index (κ1) is 12.6. The molecule has 0 bridgehead atoms. The van der Waals surface area contributed by atoms with Crippen molar-refractivity contribution in [3.8, 4) is 0 Å². The zero-order valence-corrected chi connectivity index (χ0v) is 10.2. The van der Waals surface area contributed by atoms with Crippen molar-refractivity contribution in [1.29, 1.82) is 0 Å². The molecule has 96 valence electrons. The van der Waals surface area contributed by atoms with Gasteiger partial charge in [-0.3, -0.25) is 9.69 Å². The maximum absolute atomic E-state index is 12.2. The van der Waals surface area contributed by atoms with Gasteiger partial charge in [-0.1, -0.05) is 25.1 Å². The third kappa shape index (κ3) is 1.97. The second-order valence-electron chi connectivity index (χ2n) is 4.53. The number of benzene rings is 1. The summed E-state index contributed by atoms with van der Waals surface area (Å²) in [5, 5.41) is 9.23. The number of carboxylic acids is 1. The molecule has 5 nitrogen and oxygen atoms in total. The van der Waals surface area contributed by atoms with Crippen LogP contribution >= 0.6 is 0 Å². The van der Waals surface area contributed by atoms with Crippen molar-refractivity contribution in [2.45, 2.75) is 19.4 Å². The molecule has 1 aliphatic heterocycles. The topological polar surface area (TPSA) is 83.6 Å². The van der Waals surface area contributed by atoms with Crippen LogP contribution in [0.3, 0.4) is 0 Å². The Hall–Kier alpha value is -1.88. The summed E-state index contributed by atoms with van der Waals surface area (Å²) in [6, 6.07) is 6.46. The lowest BCUT2D eigenvalue weighted by atomic mass is 10.1. The van der Waals surface area contributed by atoms with Gasteiger partial charge in [-0.25, -0.2) is 4.79 Å². The predicted molar refractivity (Wildman–Crippen MR) is 67.3 cm³/mol. The van der Waals surface area contributed by atoms with Crippen molar-refractivity contribution in [3.63, 3.8) is 0 Å². The van der Waals surface area contributed by atoms with Crippen molar-refractivity contribution in [2.24, 2.45) is 11.7 Å². The molecular formula is C13H16N2O3. The standard InChI is InChI=1S/C13H16N2O3/c1-8(7-14)12(16)15-10-5-3-2-4-9(10)6-11(15)13(17)18/h2-5,8,11H,6-7,14H2,1H3,(H,17,18). The molecular weight excluding hydrogens is 232 g/mol. The average Bonchev–Trinajstić information content (AvgIpc) is 2.76. The molecule has 1 aromatic rings. The number of hydrogen-bond donors (Lipinski definition) is 2. The van der Waals surface area contributed by atoms with Gasteiger partial charge in [-0.2, -0.15) is 0 Å². The second kappa shape index (κ2) is 4.78. The van der Waals surface area contributed by atoms with E-state index in [1.807, 2.05) is 12.1 Å². The number of carbonyl (C=O) groups excluding carboxylic acids is 1. The number of carboxylic acid groups (broad SMARTS) is 1. The minimum atomic E-state index is -0.983. The highest BCUT2D eigenvalue weighted by atomic mass is 16.4. The van der Waals surface area contributed by atoms with E-state index >= 15 is 0 Å². The number of anilines is 1. The molecule has 1 heterocycles. The lowest BCUT2D eigenvalue weighted by Crippen LogP contribution is -2.46. The number of nitrogens with two attached hydrogens (primary N) is 1. The van der Waals surface area contributed by atoms with Crippen LogP contribution in [0, 0.1) is 5.92 Å². The largest absolute Gasteiger partial charge is 0.480 e. The number of aliphatic carboxylic acids is 1. The summed E-state index contributed by atoms with van der Waals surface area (Å²) in [6.07, 6.45) is 0.356. The molecule has 0 spiro atoms. The predicted octanol–water partition coefficient (Wildman–Crippen LogP) is 0.624. The molecule has 0 saturated carbocycles. The number of para-hydroxylation sites is 1. The summed E-state index contributed by atoms with van der Waals surface area (Å²) in [7, 11) is 0. The van der Waals surface area contributed by atoms with E-state index in [0.717, 1.165) is 5.56 Å². The summed E-state index contributed by atoms with van der Waals surface area (Å²) in [4.78, 5) is 24.9. The van der Waals surface area contributed by atoms with Crippen molar-refractivity contribution >= 4 is 17.6 Å². The van der Waals surface area contributed by atoms with Gasteiger partial charge in [0.2, 0.25) is 5.91 Å². The third-order valence-corrected chi connectivity index (χ3v) is 3.27. The van der Waals surface area contributed by atoms with Gasteiger partial charge in [0.05, 0.1) is 0 Å². The average molecular weight is 248 g/mol. The van der Waals surface area contributed by atoms with E-state index in [-0.39, 0.29) is 18.4 Å². The highest BCUT2D eigenvalue weighted by molar-refractivity contribution is 6.02. The van der Waals surface area contributed by atoms with E-state index in [1.54, 1.807) is 19.1 Å². The smallest absolute Gasteiger partial charge is 0.327 e. The van der Waals surface area contributed by atoms with Gasteiger partial charge in [-0.05, 0) is 11.6 Å². The van der Waals surface area contributed by atoms with E-state index in [9.17, 15) is 14.7 Å². The molecule has 3 N–H and O–H groups in total. The van der Waals surface area contributed by atoms with E-state index < -0.39 is 12.0 Å². The quantitative estimate of drug-likeness (QED) is 0.821. The van der Waals surface area contributed by atoms with Gasteiger partial charge in [0, 0.05) is 24.6 Å². The fourth-order valence-corrected chi connectivity index (χ4v) is 2.19. The van der Waals surface area contributed by atoms with E-state index in [1.165, 1.54) is 4.90 Å². The molecule has 1 amide bonds. The summed E-state index contributed by atoms with van der Waals surface area (Å²) < 4.78 is 0. The number of carbonyl (C=O) groups is 2. The van der Waals surface area contributed by atoms with Crippen LogP contribution in [0.1, 0.15) is 12.5 Å². The maximum atomic E-state index is 12.2. The summed E-state index contributed by atoms with van der Waals surface area (Å²) in [5.74, 6) is -1.59. The lowest BCUT2D eigenvalue weighted by Gasteiger charge is -2.25. The summed E-state index contributed by atoms with van der Waals surface area (Å²) in [6.45, 7) is 1.92. The lowest BCUT2D eigenvalue weighted by molar-refractivity contribution is -0.140. The maximum Gasteiger partial charge on any atom is 0.327 e. The Kier molecular flexibility index (Phi) is 3.34. The van der Waals surface area contributed by atoms with Crippen LogP contribution in [0.5, 0.6) is 0 Å². The molecule has 0 aromatic heterocycles. The molecule has 0 radical (unpaired) electrons. The highest BCUT2D eigenvalue weighted by Gasteiger charge is 2.39. The Morgan fingerprint density at radius 1 is 1.50 bits per heavy atom. The first-order chi connectivity index (χ1) is 8.56. The molecule has 2 atom stereocenters. The van der Waals surface area contributed by atoms with Crippen LogP contribution in [0.2, 0.25) is 0 Å². The molecule has 0 fully saturated rings. The molecule has 1 aliphatic rings. The van der Waals surface area contributed by atoms with Crippen LogP contribution in [-0.4, -0.2) is 29.6 Å². The molecule has 0 saturated heterocycles. The van der Waals surface area contributed by atoms with Crippen LogP contribution in [0.15, 0.2) is 24.3 Å². The van der Waals surface area contributed by atoms with Crippen molar-refractivity contribution in [2.75, 3.05) is 11.4 Å². The number of amides is 1. The second-order valence-corrected chi connectivity index (χ2v) is 4.53. The van der Waals surface area contributed by atoms with E-state index in [4.69, 9.17) is 5.73 Å². The number of rotatable bonds is 3. The number of hydrogen-bond acceptors (Lipinski definition) is 3. The molecule has 1 aromatic carbocycles. The summed E-state index contributed by atoms with van der Waals surface area (Å²) in [5.41, 5.74) is 7.07. The number of nitrogens with zero attached hydrogens (tertiary/aromatic N) is 1. The van der Waals surface area contributed by atoms with E-state index in [0.29, 0.717) is 12.1 Å². The van der Waals surface area contributed by atoms with Crippen molar-refractivity contribution < 1.29 is 14.7 Å².